The summed E-state index contributed by atoms with van der Waals surface area (Å²) in [4.78, 5) is 32.4. The van der Waals surface area contributed by atoms with Crippen molar-refractivity contribution in [2.45, 2.75) is 24.4 Å². The van der Waals surface area contributed by atoms with Crippen LogP contribution in [0.2, 0.25) is 0 Å². The number of piperidine rings is 1. The molecule has 2 N–H and O–H groups in total. The molecule has 170 valence electrons. The Balaban J connectivity index is 1.05. The maximum Gasteiger partial charge on any atom is 0.258 e. The number of thioether (sulfide) groups is 1. The van der Waals surface area contributed by atoms with Crippen LogP contribution in [-0.2, 0) is 16.1 Å². The highest BCUT2D eigenvalue weighted by Crippen LogP contribution is 2.34. The fourth-order valence-electron chi connectivity index (χ4n) is 4.33. The number of hydrogen-bond donors (Lipinski definition) is 2. The van der Waals surface area contributed by atoms with Crippen LogP contribution in [0.15, 0.2) is 64.7 Å². The Morgan fingerprint density at radius 2 is 1.85 bits per heavy atom. The molecule has 1 saturated heterocycles. The monoisotopic (exact) mass is 461 g/mol. The van der Waals surface area contributed by atoms with Crippen LogP contribution >= 0.6 is 11.8 Å². The van der Waals surface area contributed by atoms with Gasteiger partial charge in [0.15, 0.2) is 0 Å². The first-order valence-corrected chi connectivity index (χ1v) is 12.1. The molecule has 2 aromatic heterocycles. The summed E-state index contributed by atoms with van der Waals surface area (Å²) in [5.41, 5.74) is 2.93. The van der Waals surface area contributed by atoms with Crippen LogP contribution in [0.5, 0.6) is 0 Å². The quantitative estimate of drug-likeness (QED) is 0.566. The molecule has 0 atom stereocenters. The lowest BCUT2D eigenvalue weighted by Crippen LogP contribution is -2.43. The summed E-state index contributed by atoms with van der Waals surface area (Å²) in [7, 11) is 0. The van der Waals surface area contributed by atoms with Gasteiger partial charge in [-0.15, -0.1) is 0 Å². The van der Waals surface area contributed by atoms with Crippen molar-refractivity contribution in [3.63, 3.8) is 0 Å². The normalized spacial score (nSPS) is 16.4. The predicted molar refractivity (Wildman–Crippen MR) is 129 cm³/mol. The average Bonchev–Trinajstić information content (AvgIpc) is 3.27. The number of aromatic nitrogens is 2. The number of nitrogens with one attached hydrogen (secondary N) is 2. The second kappa shape index (κ2) is 9.80. The molecule has 2 aliphatic heterocycles. The van der Waals surface area contributed by atoms with Crippen molar-refractivity contribution in [3.8, 4) is 0 Å². The second-order valence-electron chi connectivity index (χ2n) is 8.54. The van der Waals surface area contributed by atoms with E-state index in [0.717, 1.165) is 47.9 Å². The number of hydrogen-bond acceptors (Lipinski definition) is 5. The van der Waals surface area contributed by atoms with E-state index in [9.17, 15) is 9.59 Å². The summed E-state index contributed by atoms with van der Waals surface area (Å²) in [6.07, 6.45) is 5.66. The Labute approximate surface area is 197 Å². The van der Waals surface area contributed by atoms with Gasteiger partial charge < -0.3 is 10.6 Å². The molecule has 1 aromatic carbocycles. The molecule has 3 aromatic rings. The SMILES string of the molecule is O=C(CN1CCC(CNC(=O)C2=Cc3cnc4cccc(n34)S2)CC1)NCc1ccccc1. The van der Waals surface area contributed by atoms with Gasteiger partial charge in [0.25, 0.3) is 5.91 Å². The van der Waals surface area contributed by atoms with Gasteiger partial charge in [-0.25, -0.2) is 4.98 Å². The van der Waals surface area contributed by atoms with Crippen LogP contribution in [0.25, 0.3) is 11.7 Å². The van der Waals surface area contributed by atoms with Crippen LogP contribution in [0.1, 0.15) is 24.1 Å². The molecule has 0 bridgehead atoms. The number of carbonyl (C=O) groups excluding carboxylic acids is 2. The molecule has 2 amide bonds. The lowest BCUT2D eigenvalue weighted by atomic mass is 9.97. The molecule has 0 unspecified atom stereocenters. The summed E-state index contributed by atoms with van der Waals surface area (Å²) in [6, 6.07) is 15.9. The molecule has 33 heavy (non-hydrogen) atoms. The van der Waals surface area contributed by atoms with Crippen molar-refractivity contribution in [2.24, 2.45) is 5.92 Å². The van der Waals surface area contributed by atoms with Crippen molar-refractivity contribution in [2.75, 3.05) is 26.2 Å². The molecule has 0 saturated carbocycles. The smallest absolute Gasteiger partial charge is 0.258 e. The fraction of sp³-hybridized carbons (Fsp3) is 0.320. The van der Waals surface area contributed by atoms with E-state index < -0.39 is 0 Å². The highest BCUT2D eigenvalue weighted by Gasteiger charge is 2.23. The number of amides is 2. The Bertz CT molecular complexity index is 1180. The number of imidazole rings is 1. The molecular formula is C25H27N5O2S. The first-order chi connectivity index (χ1) is 16.2. The van der Waals surface area contributed by atoms with Crippen LogP contribution in [0.3, 0.4) is 0 Å². The minimum atomic E-state index is -0.0350. The van der Waals surface area contributed by atoms with Crippen molar-refractivity contribution in [3.05, 3.63) is 70.9 Å². The molecule has 2 aliphatic rings. The first-order valence-electron chi connectivity index (χ1n) is 11.3. The van der Waals surface area contributed by atoms with Crippen LogP contribution in [0, 0.1) is 5.92 Å². The Hall–Kier alpha value is -3.10. The molecule has 8 heteroatoms. The minimum Gasteiger partial charge on any atom is -0.351 e. The van der Waals surface area contributed by atoms with E-state index in [1.54, 1.807) is 6.20 Å². The summed E-state index contributed by atoms with van der Waals surface area (Å²) < 4.78 is 2.06. The highest BCUT2D eigenvalue weighted by atomic mass is 32.2. The predicted octanol–water partition coefficient (Wildman–Crippen LogP) is 2.93. The maximum atomic E-state index is 12.8. The molecule has 0 radical (unpaired) electrons. The van der Waals surface area contributed by atoms with Gasteiger partial charge >= 0.3 is 0 Å². The number of benzene rings is 1. The molecule has 7 nitrogen and oxygen atoms in total. The summed E-state index contributed by atoms with van der Waals surface area (Å²) in [6.45, 7) is 3.39. The van der Waals surface area contributed by atoms with Crippen molar-refractivity contribution < 1.29 is 9.59 Å². The Kier molecular flexibility index (Phi) is 6.46. The van der Waals surface area contributed by atoms with Crippen LogP contribution in [0.4, 0.5) is 0 Å². The van der Waals surface area contributed by atoms with Gasteiger partial charge in [0.1, 0.15) is 5.65 Å². The summed E-state index contributed by atoms with van der Waals surface area (Å²) in [5, 5.41) is 7.12. The second-order valence-corrected chi connectivity index (χ2v) is 9.61. The molecule has 4 heterocycles. The Morgan fingerprint density at radius 1 is 1.03 bits per heavy atom. The number of pyridine rings is 1. The third kappa shape index (κ3) is 5.12. The third-order valence-electron chi connectivity index (χ3n) is 6.20. The minimum absolute atomic E-state index is 0.0350. The number of nitrogens with zero attached hydrogens (tertiary/aromatic N) is 3. The van der Waals surface area contributed by atoms with Gasteiger partial charge in [-0.1, -0.05) is 48.2 Å². The van der Waals surface area contributed by atoms with Gasteiger partial charge in [0.05, 0.1) is 28.4 Å². The summed E-state index contributed by atoms with van der Waals surface area (Å²) in [5.74, 6) is 0.453. The van der Waals surface area contributed by atoms with E-state index in [1.807, 2.05) is 54.6 Å². The molecule has 1 fully saturated rings. The Morgan fingerprint density at radius 3 is 2.67 bits per heavy atom. The third-order valence-corrected chi connectivity index (χ3v) is 7.25. The fourth-order valence-corrected chi connectivity index (χ4v) is 5.33. The number of rotatable bonds is 7. The molecular weight excluding hydrogens is 434 g/mol. The van der Waals surface area contributed by atoms with Crippen LogP contribution < -0.4 is 10.6 Å². The lowest BCUT2D eigenvalue weighted by Gasteiger charge is -2.31. The lowest BCUT2D eigenvalue weighted by molar-refractivity contribution is -0.122. The van der Waals surface area contributed by atoms with Crippen molar-refractivity contribution in [1.29, 1.82) is 0 Å². The van der Waals surface area contributed by atoms with E-state index in [1.165, 1.54) is 11.8 Å². The number of likely N-dealkylation sites (tertiary alicyclic amines) is 1. The average molecular weight is 462 g/mol. The van der Waals surface area contributed by atoms with E-state index in [0.29, 0.717) is 30.5 Å². The van der Waals surface area contributed by atoms with Crippen molar-refractivity contribution in [1.82, 2.24) is 24.9 Å². The van der Waals surface area contributed by atoms with Gasteiger partial charge in [-0.2, -0.15) is 0 Å². The van der Waals surface area contributed by atoms with Gasteiger partial charge in [0, 0.05) is 13.1 Å². The molecule has 0 aliphatic carbocycles. The van der Waals surface area contributed by atoms with Crippen molar-refractivity contribution >= 4 is 35.3 Å². The topological polar surface area (TPSA) is 78.7 Å². The highest BCUT2D eigenvalue weighted by molar-refractivity contribution is 8.04. The van der Waals surface area contributed by atoms with E-state index in [4.69, 9.17) is 0 Å². The standard InChI is InChI=1S/C25H27N5O2S/c31-23(27-14-18-5-2-1-3-6-18)17-29-11-9-19(10-12-29)15-28-25(32)21-13-20-16-26-22-7-4-8-24(33-21)30(20)22/h1-8,13,16,19H,9-12,14-15,17H2,(H,27,31)(H,28,32). The van der Waals surface area contributed by atoms with E-state index in [2.05, 4.69) is 24.9 Å². The van der Waals surface area contributed by atoms with Crippen LogP contribution in [-0.4, -0.2) is 52.3 Å². The zero-order valence-corrected chi connectivity index (χ0v) is 19.2. The number of carbonyl (C=O) groups is 2. The van der Waals surface area contributed by atoms with Gasteiger partial charge in [0.2, 0.25) is 5.91 Å². The van der Waals surface area contributed by atoms with Gasteiger partial charge in [-0.3, -0.25) is 18.9 Å². The van der Waals surface area contributed by atoms with E-state index >= 15 is 0 Å². The zero-order valence-electron chi connectivity index (χ0n) is 18.4. The molecule has 5 rings (SSSR count). The zero-order chi connectivity index (χ0) is 22.6. The maximum absolute atomic E-state index is 12.8. The van der Waals surface area contributed by atoms with Gasteiger partial charge in [-0.05, 0) is 55.6 Å². The largest absolute Gasteiger partial charge is 0.351 e. The molecule has 0 spiro atoms. The first kappa shape index (κ1) is 21.7. The van der Waals surface area contributed by atoms with E-state index in [-0.39, 0.29) is 11.8 Å². The summed E-state index contributed by atoms with van der Waals surface area (Å²) >= 11 is 1.48.